The molecule has 2 rings (SSSR count). The summed E-state index contributed by atoms with van der Waals surface area (Å²) in [6.45, 7) is 2.04. The van der Waals surface area contributed by atoms with Crippen molar-refractivity contribution in [2.45, 2.75) is 17.6 Å². The van der Waals surface area contributed by atoms with Gasteiger partial charge in [-0.05, 0) is 30.7 Å². The molecule has 0 saturated heterocycles. The third-order valence-corrected chi connectivity index (χ3v) is 3.75. The highest BCUT2D eigenvalue weighted by Gasteiger charge is 2.11. The van der Waals surface area contributed by atoms with E-state index in [4.69, 9.17) is 5.73 Å². The van der Waals surface area contributed by atoms with Crippen LogP contribution >= 0.6 is 11.8 Å². The summed E-state index contributed by atoms with van der Waals surface area (Å²) in [5, 5.41) is 10.8. The number of anilines is 1. The average molecular weight is 274 g/mol. The number of nitro benzene ring substituents is 1. The molecule has 0 heterocycles. The van der Waals surface area contributed by atoms with Crippen LogP contribution in [-0.2, 0) is 5.75 Å². The summed E-state index contributed by atoms with van der Waals surface area (Å²) >= 11 is 1.65. The maximum absolute atomic E-state index is 10.8. The highest BCUT2D eigenvalue weighted by atomic mass is 32.2. The van der Waals surface area contributed by atoms with E-state index >= 15 is 0 Å². The zero-order valence-corrected chi connectivity index (χ0v) is 11.3. The molecule has 0 fully saturated rings. The van der Waals surface area contributed by atoms with E-state index in [1.54, 1.807) is 17.8 Å². The van der Waals surface area contributed by atoms with E-state index in [1.807, 2.05) is 31.2 Å². The Bertz CT molecular complexity index is 614. The van der Waals surface area contributed by atoms with Crippen LogP contribution in [0.15, 0.2) is 47.4 Å². The minimum absolute atomic E-state index is 0.0256. The molecule has 19 heavy (non-hydrogen) atoms. The van der Waals surface area contributed by atoms with Gasteiger partial charge in [0.05, 0.1) is 4.92 Å². The molecule has 0 saturated carbocycles. The Hall–Kier alpha value is -2.01. The number of hydrogen-bond acceptors (Lipinski definition) is 4. The maximum Gasteiger partial charge on any atom is 0.292 e. The van der Waals surface area contributed by atoms with Crippen LogP contribution in [-0.4, -0.2) is 4.92 Å². The van der Waals surface area contributed by atoms with Crippen LogP contribution in [0, 0.1) is 17.0 Å². The first-order valence-electron chi connectivity index (χ1n) is 5.78. The first kappa shape index (κ1) is 13.4. The second kappa shape index (κ2) is 5.75. The topological polar surface area (TPSA) is 69.2 Å². The fourth-order valence-corrected chi connectivity index (χ4v) is 2.67. The van der Waals surface area contributed by atoms with E-state index < -0.39 is 4.92 Å². The number of nitrogens with zero attached hydrogens (tertiary/aromatic N) is 1. The van der Waals surface area contributed by atoms with Crippen LogP contribution in [0.25, 0.3) is 0 Å². The fraction of sp³-hybridized carbons (Fsp3) is 0.143. The van der Waals surface area contributed by atoms with E-state index in [0.29, 0.717) is 5.75 Å². The monoisotopic (exact) mass is 274 g/mol. The average Bonchev–Trinajstić information content (AvgIpc) is 2.37. The molecule has 5 heteroatoms. The molecule has 0 unspecified atom stereocenters. The molecule has 0 spiro atoms. The van der Waals surface area contributed by atoms with Crippen molar-refractivity contribution in [3.05, 3.63) is 63.7 Å². The van der Waals surface area contributed by atoms with Gasteiger partial charge >= 0.3 is 0 Å². The predicted molar refractivity (Wildman–Crippen MR) is 78.2 cm³/mol. The second-order valence-electron chi connectivity index (χ2n) is 4.26. The molecule has 0 aliphatic carbocycles. The fourth-order valence-electron chi connectivity index (χ4n) is 1.71. The molecular weight excluding hydrogens is 260 g/mol. The summed E-state index contributed by atoms with van der Waals surface area (Å²) in [7, 11) is 0. The number of aryl methyl sites for hydroxylation is 1. The Morgan fingerprint density at radius 2 is 2.05 bits per heavy atom. The Morgan fingerprint density at radius 1 is 1.26 bits per heavy atom. The van der Waals surface area contributed by atoms with Crippen molar-refractivity contribution in [3.63, 3.8) is 0 Å². The Balaban J connectivity index is 2.12. The van der Waals surface area contributed by atoms with Gasteiger partial charge in [-0.25, -0.2) is 0 Å². The van der Waals surface area contributed by atoms with Crippen molar-refractivity contribution in [2.75, 3.05) is 5.73 Å². The highest BCUT2D eigenvalue weighted by molar-refractivity contribution is 7.98. The van der Waals surface area contributed by atoms with Gasteiger partial charge in [-0.1, -0.05) is 23.8 Å². The molecule has 0 bridgehead atoms. The van der Waals surface area contributed by atoms with Gasteiger partial charge in [-0.3, -0.25) is 10.1 Å². The number of benzene rings is 2. The minimum atomic E-state index is -0.448. The van der Waals surface area contributed by atoms with Gasteiger partial charge in [0.15, 0.2) is 0 Å². The van der Waals surface area contributed by atoms with E-state index in [9.17, 15) is 10.1 Å². The van der Waals surface area contributed by atoms with Gasteiger partial charge in [-0.2, -0.15) is 0 Å². The normalized spacial score (nSPS) is 10.4. The molecule has 2 N–H and O–H groups in total. The number of hydrogen-bond donors (Lipinski definition) is 1. The van der Waals surface area contributed by atoms with Crippen molar-refractivity contribution >= 4 is 23.1 Å². The highest BCUT2D eigenvalue weighted by Crippen LogP contribution is 2.28. The summed E-state index contributed by atoms with van der Waals surface area (Å²) in [6.07, 6.45) is 0. The summed E-state index contributed by atoms with van der Waals surface area (Å²) in [6, 6.07) is 13.1. The lowest BCUT2D eigenvalue weighted by Gasteiger charge is -2.04. The number of thioether (sulfide) groups is 1. The van der Waals surface area contributed by atoms with Crippen molar-refractivity contribution < 1.29 is 4.92 Å². The van der Waals surface area contributed by atoms with Crippen LogP contribution in [0.1, 0.15) is 11.1 Å². The first-order valence-corrected chi connectivity index (χ1v) is 6.77. The van der Waals surface area contributed by atoms with Gasteiger partial charge < -0.3 is 5.73 Å². The van der Waals surface area contributed by atoms with Gasteiger partial charge in [0.2, 0.25) is 0 Å². The molecule has 0 atom stereocenters. The Morgan fingerprint density at radius 3 is 2.74 bits per heavy atom. The van der Waals surface area contributed by atoms with E-state index in [-0.39, 0.29) is 11.4 Å². The van der Waals surface area contributed by atoms with E-state index in [0.717, 1.165) is 10.5 Å². The molecule has 0 aromatic heterocycles. The van der Waals surface area contributed by atoms with Crippen molar-refractivity contribution in [3.8, 4) is 0 Å². The van der Waals surface area contributed by atoms with Crippen LogP contribution in [0.4, 0.5) is 11.4 Å². The molecule has 0 aliphatic heterocycles. The molecular formula is C14H14N2O2S. The standard InChI is InChI=1S/C14H14N2O2S/c1-10-3-2-4-12(7-10)19-9-11-5-6-13(15)14(8-11)16(17)18/h2-8H,9,15H2,1H3. The molecule has 4 nitrogen and oxygen atoms in total. The van der Waals surface area contributed by atoms with Crippen LogP contribution in [0.5, 0.6) is 0 Å². The van der Waals surface area contributed by atoms with Crippen molar-refractivity contribution in [2.24, 2.45) is 0 Å². The summed E-state index contributed by atoms with van der Waals surface area (Å²) in [5.41, 5.74) is 7.84. The quantitative estimate of drug-likeness (QED) is 0.399. The van der Waals surface area contributed by atoms with Crippen molar-refractivity contribution in [1.82, 2.24) is 0 Å². The first-order chi connectivity index (χ1) is 9.06. The van der Waals surface area contributed by atoms with Gasteiger partial charge in [0.25, 0.3) is 5.69 Å². The van der Waals surface area contributed by atoms with E-state index in [2.05, 4.69) is 6.07 Å². The number of nitrogen functional groups attached to an aromatic ring is 1. The number of rotatable bonds is 4. The predicted octanol–water partition coefficient (Wildman–Crippen LogP) is 3.78. The van der Waals surface area contributed by atoms with Crippen LogP contribution in [0.3, 0.4) is 0 Å². The molecule has 98 valence electrons. The molecule has 0 aliphatic rings. The van der Waals surface area contributed by atoms with Gasteiger partial charge in [0.1, 0.15) is 5.69 Å². The molecule has 2 aromatic carbocycles. The zero-order valence-electron chi connectivity index (χ0n) is 10.5. The van der Waals surface area contributed by atoms with E-state index in [1.165, 1.54) is 11.6 Å². The van der Waals surface area contributed by atoms with Crippen LogP contribution in [0.2, 0.25) is 0 Å². The SMILES string of the molecule is Cc1cccc(SCc2ccc(N)c([N+](=O)[O-])c2)c1. The lowest BCUT2D eigenvalue weighted by molar-refractivity contribution is -0.383. The minimum Gasteiger partial charge on any atom is -0.393 e. The lowest BCUT2D eigenvalue weighted by Crippen LogP contribution is -1.96. The summed E-state index contributed by atoms with van der Waals surface area (Å²) < 4.78 is 0. The third-order valence-electron chi connectivity index (χ3n) is 2.69. The second-order valence-corrected chi connectivity index (χ2v) is 5.30. The molecule has 0 radical (unpaired) electrons. The molecule has 2 aromatic rings. The Labute approximate surface area is 115 Å². The Kier molecular flexibility index (Phi) is 4.06. The number of nitrogens with two attached hydrogens (primary N) is 1. The lowest BCUT2D eigenvalue weighted by atomic mass is 10.2. The largest absolute Gasteiger partial charge is 0.393 e. The summed E-state index contributed by atoms with van der Waals surface area (Å²) in [4.78, 5) is 11.5. The van der Waals surface area contributed by atoms with Gasteiger partial charge in [0, 0.05) is 16.7 Å². The zero-order chi connectivity index (χ0) is 13.8. The summed E-state index contributed by atoms with van der Waals surface area (Å²) in [5.74, 6) is 0.685. The number of nitro groups is 1. The third kappa shape index (κ3) is 3.48. The molecule has 0 amide bonds. The smallest absolute Gasteiger partial charge is 0.292 e. The van der Waals surface area contributed by atoms with Crippen molar-refractivity contribution in [1.29, 1.82) is 0 Å². The maximum atomic E-state index is 10.8. The van der Waals surface area contributed by atoms with Crippen LogP contribution < -0.4 is 5.73 Å². The van der Waals surface area contributed by atoms with Gasteiger partial charge in [-0.15, -0.1) is 11.8 Å².